The fourth-order valence-corrected chi connectivity index (χ4v) is 2.25. The van der Waals surface area contributed by atoms with E-state index < -0.39 is 12.3 Å². The van der Waals surface area contributed by atoms with Gasteiger partial charge in [0.1, 0.15) is 0 Å². The Morgan fingerprint density at radius 2 is 2.00 bits per heavy atom. The van der Waals surface area contributed by atoms with Crippen LogP contribution < -0.4 is 0 Å². The molecule has 0 amide bonds. The molecule has 0 spiro atoms. The van der Waals surface area contributed by atoms with Gasteiger partial charge in [0.15, 0.2) is 6.10 Å². The number of aliphatic hydroxyl groups excluding tert-OH is 1. The molecule has 0 saturated carbocycles. The van der Waals surface area contributed by atoms with E-state index in [1.54, 1.807) is 4.90 Å². The van der Waals surface area contributed by atoms with E-state index in [0.717, 1.165) is 25.9 Å². The second-order valence-electron chi connectivity index (χ2n) is 4.73. The number of alkyl halides is 3. The maximum absolute atomic E-state index is 12.3. The second-order valence-corrected chi connectivity index (χ2v) is 4.73. The molecule has 2 atom stereocenters. The van der Waals surface area contributed by atoms with E-state index in [0.29, 0.717) is 6.54 Å². The number of hydrogen-bond donors (Lipinski definition) is 1. The standard InChI is InChI=1S/C11H21F3N2O/c1-3-9-7-15(2)5-4-6-16(9)8-10(17)11(12,13)14/h9-10,17H,3-8H2,1-2H3. The Balaban J connectivity index is 2.60. The summed E-state index contributed by atoms with van der Waals surface area (Å²) >= 11 is 0. The van der Waals surface area contributed by atoms with Crippen molar-refractivity contribution in [3.8, 4) is 0 Å². The van der Waals surface area contributed by atoms with Gasteiger partial charge in [0, 0.05) is 19.1 Å². The lowest BCUT2D eigenvalue weighted by molar-refractivity contribution is -0.209. The maximum Gasteiger partial charge on any atom is 0.415 e. The van der Waals surface area contributed by atoms with Crippen LogP contribution in [-0.2, 0) is 0 Å². The summed E-state index contributed by atoms with van der Waals surface area (Å²) in [5, 5.41) is 9.13. The topological polar surface area (TPSA) is 26.7 Å². The van der Waals surface area contributed by atoms with Crippen LogP contribution in [0.15, 0.2) is 0 Å². The van der Waals surface area contributed by atoms with Crippen molar-refractivity contribution in [2.75, 3.05) is 33.2 Å². The number of rotatable bonds is 3. The Morgan fingerprint density at radius 3 is 2.53 bits per heavy atom. The Kier molecular flexibility index (Phi) is 5.22. The molecule has 1 fully saturated rings. The van der Waals surface area contributed by atoms with E-state index in [1.807, 2.05) is 14.0 Å². The molecule has 1 aliphatic rings. The minimum atomic E-state index is -4.52. The van der Waals surface area contributed by atoms with Crippen LogP contribution in [0.2, 0.25) is 0 Å². The normalized spacial score (nSPS) is 26.8. The first-order chi connectivity index (χ1) is 7.84. The number of likely N-dealkylation sites (N-methyl/N-ethyl adjacent to an activating group) is 1. The molecule has 0 aliphatic carbocycles. The third-order valence-electron chi connectivity index (χ3n) is 3.28. The summed E-state index contributed by atoms with van der Waals surface area (Å²) in [6.07, 6.45) is -5.11. The molecule has 0 aromatic carbocycles. The fourth-order valence-electron chi connectivity index (χ4n) is 2.25. The van der Waals surface area contributed by atoms with Crippen LogP contribution in [0.1, 0.15) is 19.8 Å². The van der Waals surface area contributed by atoms with E-state index in [-0.39, 0.29) is 12.6 Å². The first-order valence-corrected chi connectivity index (χ1v) is 6.02. The third-order valence-corrected chi connectivity index (χ3v) is 3.28. The highest BCUT2D eigenvalue weighted by molar-refractivity contribution is 4.81. The highest BCUT2D eigenvalue weighted by Gasteiger charge is 2.40. The lowest BCUT2D eigenvalue weighted by atomic mass is 10.1. The van der Waals surface area contributed by atoms with E-state index in [9.17, 15) is 13.2 Å². The first-order valence-electron chi connectivity index (χ1n) is 6.02. The monoisotopic (exact) mass is 254 g/mol. The molecular weight excluding hydrogens is 233 g/mol. The van der Waals surface area contributed by atoms with E-state index >= 15 is 0 Å². The summed E-state index contributed by atoms with van der Waals surface area (Å²) < 4.78 is 37.0. The molecule has 0 bridgehead atoms. The van der Waals surface area contributed by atoms with Gasteiger partial charge in [0.25, 0.3) is 0 Å². The van der Waals surface area contributed by atoms with Crippen LogP contribution in [0.5, 0.6) is 0 Å². The van der Waals surface area contributed by atoms with Crippen molar-refractivity contribution in [2.45, 2.75) is 38.1 Å². The Morgan fingerprint density at radius 1 is 1.35 bits per heavy atom. The lowest BCUT2D eigenvalue weighted by Gasteiger charge is -2.32. The van der Waals surface area contributed by atoms with E-state index in [4.69, 9.17) is 5.11 Å². The Bertz CT molecular complexity index is 235. The van der Waals surface area contributed by atoms with Gasteiger partial charge < -0.3 is 10.0 Å². The lowest BCUT2D eigenvalue weighted by Crippen LogP contribution is -2.47. The molecule has 6 heteroatoms. The number of nitrogens with zero attached hydrogens (tertiary/aromatic N) is 2. The summed E-state index contributed by atoms with van der Waals surface area (Å²) in [5.74, 6) is 0. The van der Waals surface area contributed by atoms with Crippen LogP contribution in [0, 0.1) is 0 Å². The zero-order chi connectivity index (χ0) is 13.1. The van der Waals surface area contributed by atoms with Crippen molar-refractivity contribution in [1.29, 1.82) is 0 Å². The van der Waals surface area contributed by atoms with Crippen molar-refractivity contribution < 1.29 is 18.3 Å². The van der Waals surface area contributed by atoms with Gasteiger partial charge >= 0.3 is 6.18 Å². The van der Waals surface area contributed by atoms with Crippen molar-refractivity contribution in [2.24, 2.45) is 0 Å². The van der Waals surface area contributed by atoms with Crippen LogP contribution in [0.4, 0.5) is 13.2 Å². The van der Waals surface area contributed by atoms with Gasteiger partial charge in [-0.1, -0.05) is 6.92 Å². The summed E-state index contributed by atoms with van der Waals surface area (Å²) in [6.45, 7) is 3.94. The average Bonchev–Trinajstić information content (AvgIpc) is 2.39. The Hall–Kier alpha value is -0.330. The van der Waals surface area contributed by atoms with Gasteiger partial charge in [-0.25, -0.2) is 0 Å². The van der Waals surface area contributed by atoms with Crippen LogP contribution in [-0.4, -0.2) is 66.5 Å². The predicted molar refractivity (Wildman–Crippen MR) is 59.8 cm³/mol. The molecule has 17 heavy (non-hydrogen) atoms. The van der Waals surface area contributed by atoms with Gasteiger partial charge in [-0.15, -0.1) is 0 Å². The number of aliphatic hydroxyl groups is 1. The molecule has 1 heterocycles. The molecule has 3 nitrogen and oxygen atoms in total. The third kappa shape index (κ3) is 4.44. The van der Waals surface area contributed by atoms with Crippen molar-refractivity contribution >= 4 is 0 Å². The largest absolute Gasteiger partial charge is 0.415 e. The molecule has 1 saturated heterocycles. The second kappa shape index (κ2) is 6.02. The minimum Gasteiger partial charge on any atom is -0.382 e. The maximum atomic E-state index is 12.3. The fraction of sp³-hybridized carbons (Fsp3) is 1.00. The smallest absolute Gasteiger partial charge is 0.382 e. The highest BCUT2D eigenvalue weighted by atomic mass is 19.4. The molecule has 102 valence electrons. The molecule has 2 unspecified atom stereocenters. The molecule has 1 aliphatic heterocycles. The summed E-state index contributed by atoms with van der Waals surface area (Å²) in [6, 6.07) is 0.0968. The van der Waals surface area contributed by atoms with Gasteiger partial charge in [0.2, 0.25) is 0 Å². The minimum absolute atomic E-state index is 0.0968. The zero-order valence-electron chi connectivity index (χ0n) is 10.4. The number of halogens is 3. The summed E-state index contributed by atoms with van der Waals surface area (Å²) in [7, 11) is 1.98. The van der Waals surface area contributed by atoms with Crippen LogP contribution in [0.3, 0.4) is 0 Å². The SMILES string of the molecule is CCC1CN(C)CCCN1CC(O)C(F)(F)F. The van der Waals surface area contributed by atoms with Gasteiger partial charge in [-0.3, -0.25) is 4.90 Å². The summed E-state index contributed by atoms with van der Waals surface area (Å²) in [5.41, 5.74) is 0. The zero-order valence-corrected chi connectivity index (χ0v) is 10.4. The molecule has 1 rings (SSSR count). The van der Waals surface area contributed by atoms with Crippen LogP contribution in [0.25, 0.3) is 0 Å². The first kappa shape index (κ1) is 14.7. The number of β-amino-alcohol motifs (C(OH)–C–C–N with tert-alkyl or cyclic N) is 1. The molecule has 0 aromatic rings. The highest BCUT2D eigenvalue weighted by Crippen LogP contribution is 2.22. The summed E-state index contributed by atoms with van der Waals surface area (Å²) in [4.78, 5) is 3.90. The molecular formula is C11H21F3N2O. The van der Waals surface area contributed by atoms with Gasteiger partial charge in [0.05, 0.1) is 0 Å². The molecule has 0 radical (unpaired) electrons. The van der Waals surface area contributed by atoms with Crippen molar-refractivity contribution in [1.82, 2.24) is 9.80 Å². The quantitative estimate of drug-likeness (QED) is 0.823. The molecule has 1 N–H and O–H groups in total. The van der Waals surface area contributed by atoms with Gasteiger partial charge in [-0.2, -0.15) is 13.2 Å². The predicted octanol–water partition coefficient (Wildman–Crippen LogP) is 1.33. The number of hydrogen-bond acceptors (Lipinski definition) is 3. The Labute approximate surface area is 100 Å². The molecule has 0 aromatic heterocycles. The van der Waals surface area contributed by atoms with Crippen LogP contribution >= 0.6 is 0 Å². The van der Waals surface area contributed by atoms with Crippen molar-refractivity contribution in [3.63, 3.8) is 0 Å². The van der Waals surface area contributed by atoms with Gasteiger partial charge in [-0.05, 0) is 33.0 Å². The van der Waals surface area contributed by atoms with E-state index in [2.05, 4.69) is 4.90 Å². The van der Waals surface area contributed by atoms with Crippen molar-refractivity contribution in [3.05, 3.63) is 0 Å². The average molecular weight is 254 g/mol. The van der Waals surface area contributed by atoms with E-state index in [1.165, 1.54) is 0 Å².